The Bertz CT molecular complexity index is 1330. The highest BCUT2D eigenvalue weighted by Crippen LogP contribution is 2.57. The van der Waals surface area contributed by atoms with Crippen LogP contribution in [0, 0.1) is 23.7 Å². The number of nitrogens with zero attached hydrogens (tertiary/aromatic N) is 4. The molecule has 0 saturated heterocycles. The van der Waals surface area contributed by atoms with Crippen LogP contribution in [0.25, 0.3) is 11.2 Å². The van der Waals surface area contributed by atoms with E-state index < -0.39 is 12.2 Å². The summed E-state index contributed by atoms with van der Waals surface area (Å²) in [6.45, 7) is 1.28. The van der Waals surface area contributed by atoms with Crippen LogP contribution < -0.4 is 16.4 Å². The minimum absolute atomic E-state index is 0.106. The Hall–Kier alpha value is -3.23. The van der Waals surface area contributed by atoms with E-state index in [2.05, 4.69) is 37.4 Å². The molecule has 5 rings (SSSR count). The summed E-state index contributed by atoms with van der Waals surface area (Å²) < 4.78 is 1.83. The summed E-state index contributed by atoms with van der Waals surface area (Å²) in [5.74, 6) is 6.88. The number of hydrogen-bond acceptors (Lipinski definition) is 8. The minimum atomic E-state index is -0.884. The normalized spacial score (nSPS) is 24.2. The number of rotatable bonds is 8. The van der Waals surface area contributed by atoms with Crippen molar-refractivity contribution in [2.75, 3.05) is 18.4 Å². The van der Waals surface area contributed by atoms with Gasteiger partial charge in [0.05, 0.1) is 18.5 Å². The number of aliphatic hydroxyl groups excluding tert-OH is 2. The van der Waals surface area contributed by atoms with E-state index in [0.29, 0.717) is 48.1 Å². The van der Waals surface area contributed by atoms with Crippen molar-refractivity contribution in [3.05, 3.63) is 47.0 Å². The molecule has 6 N–H and O–H groups in total. The summed E-state index contributed by atoms with van der Waals surface area (Å²) in [4.78, 5) is 25.5. The lowest BCUT2D eigenvalue weighted by molar-refractivity contribution is -0.120. The van der Waals surface area contributed by atoms with Gasteiger partial charge in [0, 0.05) is 37.5 Å². The van der Waals surface area contributed by atoms with Crippen molar-refractivity contribution in [2.45, 2.75) is 44.1 Å². The average molecular weight is 510 g/mol. The molecule has 3 aromatic rings. The molecule has 2 saturated carbocycles. The molecule has 0 spiro atoms. The van der Waals surface area contributed by atoms with Crippen molar-refractivity contribution in [3.63, 3.8) is 0 Å². The molecule has 36 heavy (non-hydrogen) atoms. The first-order chi connectivity index (χ1) is 17.5. The van der Waals surface area contributed by atoms with Gasteiger partial charge in [-0.15, -0.1) is 0 Å². The van der Waals surface area contributed by atoms with Crippen molar-refractivity contribution >= 4 is 34.5 Å². The monoisotopic (exact) mass is 509 g/mol. The van der Waals surface area contributed by atoms with Gasteiger partial charge in [-0.3, -0.25) is 4.79 Å². The van der Waals surface area contributed by atoms with E-state index in [1.54, 1.807) is 6.33 Å². The first kappa shape index (κ1) is 24.5. The van der Waals surface area contributed by atoms with E-state index in [1.807, 2.05) is 28.8 Å². The second-order valence-electron chi connectivity index (χ2n) is 9.18. The van der Waals surface area contributed by atoms with Gasteiger partial charge in [-0.1, -0.05) is 29.7 Å². The molecule has 2 aliphatic carbocycles. The average Bonchev–Trinajstić information content (AvgIpc) is 3.48. The Morgan fingerprint density at radius 1 is 1.25 bits per heavy atom. The van der Waals surface area contributed by atoms with Gasteiger partial charge in [0.15, 0.2) is 17.0 Å². The predicted octanol–water partition coefficient (Wildman–Crippen LogP) is 1.21. The van der Waals surface area contributed by atoms with E-state index in [-0.39, 0.29) is 36.0 Å². The zero-order chi connectivity index (χ0) is 25.2. The molecule has 2 aromatic heterocycles. The quantitative estimate of drug-likeness (QED) is 0.284. The van der Waals surface area contributed by atoms with Gasteiger partial charge in [-0.05, 0) is 41.9 Å². The summed E-state index contributed by atoms with van der Waals surface area (Å²) in [6.07, 6.45) is 1.48. The Kier molecular flexibility index (Phi) is 7.07. The van der Waals surface area contributed by atoms with E-state index in [4.69, 9.17) is 17.3 Å². The molecule has 1 aromatic carbocycles. The number of nitrogens with one attached hydrogen (secondary N) is 2. The number of anilines is 1. The molecular weight excluding hydrogens is 482 g/mol. The van der Waals surface area contributed by atoms with Crippen molar-refractivity contribution in [1.29, 1.82) is 0 Å². The van der Waals surface area contributed by atoms with Gasteiger partial charge in [-0.25, -0.2) is 15.0 Å². The van der Waals surface area contributed by atoms with Gasteiger partial charge < -0.3 is 31.1 Å². The van der Waals surface area contributed by atoms with E-state index >= 15 is 0 Å². The topological polar surface area (TPSA) is 151 Å². The summed E-state index contributed by atoms with van der Waals surface area (Å²) in [5, 5.41) is 27.6. The second-order valence-corrected chi connectivity index (χ2v) is 9.62. The number of halogens is 1. The summed E-state index contributed by atoms with van der Waals surface area (Å²) in [6, 6.07) is 7.20. The molecule has 188 valence electrons. The molecule has 11 heteroatoms. The highest BCUT2D eigenvalue weighted by Gasteiger charge is 2.60. The largest absolute Gasteiger partial charge is 0.390 e. The van der Waals surface area contributed by atoms with Crippen LogP contribution in [0.15, 0.2) is 30.6 Å². The molecule has 0 unspecified atom stereocenters. The van der Waals surface area contributed by atoms with Crippen molar-refractivity contribution < 1.29 is 15.0 Å². The SMILES string of the molecule is NCCNC(=O)CCC#Cc1nc(NCc2cccc(Cl)c2)c2ncn([C@H]3[C@H](O)[C@H](O)[C@@H]4C[C@@H]43)c2n1. The number of nitrogens with two attached hydrogens (primary N) is 1. The van der Waals surface area contributed by atoms with Gasteiger partial charge in [-0.2, -0.15) is 0 Å². The standard InChI is InChI=1S/C25H28ClN7O3/c26-15-5-3-4-14(10-15)12-29-24-20-25(32-18(31-24)6-1-2-7-19(34)28-9-8-27)33(13-30-20)21-16-11-17(16)22(35)23(21)36/h3-5,10,13,16-17,21-23,35-36H,2,7-9,11-12,27H2,(H,28,34)(H,29,31,32)/t16-,17+,21+,22+,23-/m0/s1. The minimum Gasteiger partial charge on any atom is -0.390 e. The lowest BCUT2D eigenvalue weighted by Crippen LogP contribution is -2.31. The Labute approximate surface area is 213 Å². The molecule has 0 radical (unpaired) electrons. The lowest BCUT2D eigenvalue weighted by atomic mass is 10.1. The van der Waals surface area contributed by atoms with Gasteiger partial charge >= 0.3 is 0 Å². The maximum atomic E-state index is 11.8. The maximum absolute atomic E-state index is 11.8. The number of imidazole rings is 1. The molecule has 0 bridgehead atoms. The van der Waals surface area contributed by atoms with Crippen LogP contribution in [0.3, 0.4) is 0 Å². The molecule has 2 fully saturated rings. The molecule has 1 amide bonds. The van der Waals surface area contributed by atoms with E-state index in [0.717, 1.165) is 12.0 Å². The van der Waals surface area contributed by atoms with Gasteiger partial charge in [0.25, 0.3) is 0 Å². The van der Waals surface area contributed by atoms with Crippen LogP contribution in [0.5, 0.6) is 0 Å². The number of fused-ring (bicyclic) bond motifs is 2. The second kappa shape index (κ2) is 10.4. The Balaban J connectivity index is 1.43. The summed E-state index contributed by atoms with van der Waals surface area (Å²) in [5.41, 5.74) is 7.46. The van der Waals surface area contributed by atoms with Crippen LogP contribution >= 0.6 is 11.6 Å². The van der Waals surface area contributed by atoms with Crippen LogP contribution in [-0.4, -0.2) is 60.9 Å². The first-order valence-corrected chi connectivity index (χ1v) is 12.4. The lowest BCUT2D eigenvalue weighted by Gasteiger charge is -2.22. The van der Waals surface area contributed by atoms with E-state index in [1.165, 1.54) is 0 Å². The fourth-order valence-electron chi connectivity index (χ4n) is 4.86. The molecule has 5 atom stereocenters. The fraction of sp³-hybridized carbons (Fsp3) is 0.440. The third-order valence-electron chi connectivity index (χ3n) is 6.70. The highest BCUT2D eigenvalue weighted by molar-refractivity contribution is 6.30. The van der Waals surface area contributed by atoms with Crippen LogP contribution in [0.1, 0.15) is 36.7 Å². The predicted molar refractivity (Wildman–Crippen MR) is 135 cm³/mol. The number of benzene rings is 1. The number of aliphatic hydroxyl groups is 2. The highest BCUT2D eigenvalue weighted by atomic mass is 35.5. The molecule has 0 aliphatic heterocycles. The van der Waals surface area contributed by atoms with Crippen molar-refractivity contribution in [2.24, 2.45) is 17.6 Å². The number of hydrogen-bond donors (Lipinski definition) is 5. The first-order valence-electron chi connectivity index (χ1n) is 12.0. The number of carbonyl (C=O) groups excluding carboxylic acids is 1. The van der Waals surface area contributed by atoms with Gasteiger partial charge in [0.1, 0.15) is 6.10 Å². The molecule has 2 aliphatic rings. The smallest absolute Gasteiger partial charge is 0.220 e. The van der Waals surface area contributed by atoms with Crippen molar-refractivity contribution in [1.82, 2.24) is 24.8 Å². The van der Waals surface area contributed by atoms with Crippen molar-refractivity contribution in [3.8, 4) is 11.8 Å². The molecule has 2 heterocycles. The maximum Gasteiger partial charge on any atom is 0.220 e. The third-order valence-corrected chi connectivity index (χ3v) is 6.94. The number of aromatic nitrogens is 4. The fourth-order valence-corrected chi connectivity index (χ4v) is 5.08. The molecule has 10 nitrogen and oxygen atoms in total. The summed E-state index contributed by atoms with van der Waals surface area (Å²) >= 11 is 6.12. The zero-order valence-electron chi connectivity index (χ0n) is 19.6. The van der Waals surface area contributed by atoms with Crippen LogP contribution in [0.2, 0.25) is 5.02 Å². The third kappa shape index (κ3) is 5.01. The van der Waals surface area contributed by atoms with Crippen LogP contribution in [0.4, 0.5) is 5.82 Å². The Morgan fingerprint density at radius 2 is 2.11 bits per heavy atom. The molecular formula is C25H28ClN7O3. The zero-order valence-corrected chi connectivity index (χ0v) is 20.3. The number of amides is 1. The van der Waals surface area contributed by atoms with E-state index in [9.17, 15) is 15.0 Å². The number of carbonyl (C=O) groups is 1. The Morgan fingerprint density at radius 3 is 2.86 bits per heavy atom. The van der Waals surface area contributed by atoms with Crippen LogP contribution in [-0.2, 0) is 11.3 Å². The summed E-state index contributed by atoms with van der Waals surface area (Å²) in [7, 11) is 0. The van der Waals surface area contributed by atoms with Gasteiger partial charge in [0.2, 0.25) is 11.7 Å².